The third kappa shape index (κ3) is 1.71. The molecule has 0 bridgehead atoms. The second-order valence-electron chi connectivity index (χ2n) is 4.40. The maximum absolute atomic E-state index is 5.65. The van der Waals surface area contributed by atoms with Crippen molar-refractivity contribution in [2.75, 3.05) is 6.54 Å². The second-order valence-corrected chi connectivity index (χ2v) is 4.40. The molecule has 0 saturated carbocycles. The van der Waals surface area contributed by atoms with Crippen molar-refractivity contribution in [3.63, 3.8) is 0 Å². The minimum absolute atomic E-state index is 0.302. The second kappa shape index (κ2) is 3.71. The molecule has 6 nitrogen and oxygen atoms in total. The Balaban J connectivity index is 2.37. The van der Waals surface area contributed by atoms with Gasteiger partial charge in [-0.1, -0.05) is 5.16 Å². The molecule has 2 rings (SSSR count). The van der Waals surface area contributed by atoms with Crippen molar-refractivity contribution in [1.29, 1.82) is 0 Å². The van der Waals surface area contributed by atoms with Gasteiger partial charge in [-0.25, -0.2) is 4.98 Å². The van der Waals surface area contributed by atoms with Crippen molar-refractivity contribution >= 4 is 0 Å². The number of hydrogen-bond acceptors (Lipinski definition) is 5. The zero-order chi connectivity index (χ0) is 11.8. The molecule has 0 amide bonds. The van der Waals surface area contributed by atoms with E-state index < -0.39 is 0 Å². The molecule has 0 spiro atoms. The lowest BCUT2D eigenvalue weighted by Crippen LogP contribution is -2.28. The molecular formula is C10H15N5O. The zero-order valence-corrected chi connectivity index (χ0v) is 9.64. The van der Waals surface area contributed by atoms with Crippen molar-refractivity contribution in [2.24, 2.45) is 12.8 Å². The highest BCUT2D eigenvalue weighted by Gasteiger charge is 2.26. The number of rotatable bonds is 3. The average Bonchev–Trinajstić information content (AvgIpc) is 2.85. The molecule has 0 atom stereocenters. The van der Waals surface area contributed by atoms with Gasteiger partial charge in [0.1, 0.15) is 5.69 Å². The SMILES string of the molecule is Cn1cncc1-c1noc(C(C)(C)CN)n1. The van der Waals surface area contributed by atoms with Gasteiger partial charge in [-0.3, -0.25) is 0 Å². The van der Waals surface area contributed by atoms with Crippen LogP contribution >= 0.6 is 0 Å². The number of aromatic nitrogens is 4. The van der Waals surface area contributed by atoms with Crippen LogP contribution in [0.15, 0.2) is 17.0 Å². The molecule has 0 saturated heterocycles. The molecular weight excluding hydrogens is 206 g/mol. The van der Waals surface area contributed by atoms with Crippen molar-refractivity contribution in [1.82, 2.24) is 19.7 Å². The van der Waals surface area contributed by atoms with E-state index in [0.717, 1.165) is 5.69 Å². The Morgan fingerprint density at radius 1 is 1.50 bits per heavy atom. The number of nitrogens with zero attached hydrogens (tertiary/aromatic N) is 4. The van der Waals surface area contributed by atoms with Crippen LogP contribution in [0.25, 0.3) is 11.5 Å². The first-order valence-electron chi connectivity index (χ1n) is 5.05. The van der Waals surface area contributed by atoms with Crippen LogP contribution in [0.3, 0.4) is 0 Å². The van der Waals surface area contributed by atoms with Gasteiger partial charge in [0.15, 0.2) is 0 Å². The molecule has 0 radical (unpaired) electrons. The summed E-state index contributed by atoms with van der Waals surface area (Å²) in [5.74, 6) is 1.09. The largest absolute Gasteiger partial charge is 0.338 e. The van der Waals surface area contributed by atoms with Crippen molar-refractivity contribution in [3.8, 4) is 11.5 Å². The van der Waals surface area contributed by atoms with Gasteiger partial charge in [0.05, 0.1) is 17.9 Å². The first-order valence-corrected chi connectivity index (χ1v) is 5.05. The van der Waals surface area contributed by atoms with Crippen LogP contribution in [0.2, 0.25) is 0 Å². The maximum Gasteiger partial charge on any atom is 0.233 e. The molecule has 16 heavy (non-hydrogen) atoms. The van der Waals surface area contributed by atoms with Gasteiger partial charge < -0.3 is 14.8 Å². The van der Waals surface area contributed by atoms with E-state index >= 15 is 0 Å². The van der Waals surface area contributed by atoms with Gasteiger partial charge in [0.2, 0.25) is 11.7 Å². The fourth-order valence-corrected chi connectivity index (χ4v) is 1.26. The lowest BCUT2D eigenvalue weighted by molar-refractivity contribution is 0.311. The van der Waals surface area contributed by atoms with Crippen LogP contribution in [0.5, 0.6) is 0 Å². The van der Waals surface area contributed by atoms with Gasteiger partial charge in [0.25, 0.3) is 0 Å². The molecule has 6 heteroatoms. The standard InChI is InChI=1S/C10H15N5O/c1-10(2,5-11)9-13-8(14-16-9)7-4-12-6-15(7)3/h4,6H,5,11H2,1-3H3. The summed E-state index contributed by atoms with van der Waals surface area (Å²) in [6.45, 7) is 4.39. The predicted octanol–water partition coefficient (Wildman–Crippen LogP) is 0.706. The monoisotopic (exact) mass is 221 g/mol. The van der Waals surface area contributed by atoms with Crippen LogP contribution < -0.4 is 5.73 Å². The fraction of sp³-hybridized carbons (Fsp3) is 0.500. The molecule has 0 aliphatic heterocycles. The van der Waals surface area contributed by atoms with Crippen LogP contribution in [0, 0.1) is 0 Å². The summed E-state index contributed by atoms with van der Waals surface area (Å²) in [7, 11) is 1.88. The quantitative estimate of drug-likeness (QED) is 0.825. The highest BCUT2D eigenvalue weighted by molar-refractivity contribution is 5.47. The fourth-order valence-electron chi connectivity index (χ4n) is 1.26. The lowest BCUT2D eigenvalue weighted by atomic mass is 9.94. The Hall–Kier alpha value is -1.69. The van der Waals surface area contributed by atoms with E-state index in [4.69, 9.17) is 10.3 Å². The van der Waals surface area contributed by atoms with E-state index in [1.807, 2.05) is 25.5 Å². The summed E-state index contributed by atoms with van der Waals surface area (Å²) in [5, 5.41) is 3.93. The third-order valence-electron chi connectivity index (χ3n) is 2.56. The molecule has 0 fully saturated rings. The van der Waals surface area contributed by atoms with Crippen LogP contribution in [-0.4, -0.2) is 26.2 Å². The van der Waals surface area contributed by atoms with Crippen LogP contribution in [0.1, 0.15) is 19.7 Å². The Bertz CT molecular complexity index is 485. The predicted molar refractivity (Wildman–Crippen MR) is 58.6 cm³/mol. The third-order valence-corrected chi connectivity index (χ3v) is 2.56. The molecule has 2 heterocycles. The zero-order valence-electron chi connectivity index (χ0n) is 9.64. The van der Waals surface area contributed by atoms with E-state index in [9.17, 15) is 0 Å². The van der Waals surface area contributed by atoms with E-state index in [2.05, 4.69) is 15.1 Å². The van der Waals surface area contributed by atoms with Gasteiger partial charge in [0, 0.05) is 13.6 Å². The van der Waals surface area contributed by atoms with Crippen molar-refractivity contribution in [2.45, 2.75) is 19.3 Å². The molecule has 0 aromatic carbocycles. The highest BCUT2D eigenvalue weighted by atomic mass is 16.5. The van der Waals surface area contributed by atoms with E-state index in [1.54, 1.807) is 12.5 Å². The summed E-state index contributed by atoms with van der Waals surface area (Å²) < 4.78 is 7.05. The van der Waals surface area contributed by atoms with Crippen LogP contribution in [0.4, 0.5) is 0 Å². The number of imidazole rings is 1. The number of aryl methyl sites for hydroxylation is 1. The molecule has 0 aliphatic rings. The molecule has 0 aliphatic carbocycles. The minimum atomic E-state index is -0.302. The smallest absolute Gasteiger partial charge is 0.233 e. The average molecular weight is 221 g/mol. The summed E-state index contributed by atoms with van der Waals surface area (Å²) in [5.41, 5.74) is 6.17. The first-order chi connectivity index (χ1) is 7.54. The van der Waals surface area contributed by atoms with E-state index in [0.29, 0.717) is 18.3 Å². The number of nitrogens with two attached hydrogens (primary N) is 1. The summed E-state index contributed by atoms with van der Waals surface area (Å²) in [6.07, 6.45) is 3.39. The van der Waals surface area contributed by atoms with Gasteiger partial charge in [-0.2, -0.15) is 4.98 Å². The molecule has 2 aromatic rings. The van der Waals surface area contributed by atoms with Gasteiger partial charge >= 0.3 is 0 Å². The van der Waals surface area contributed by atoms with Crippen molar-refractivity contribution < 1.29 is 4.52 Å². The highest BCUT2D eigenvalue weighted by Crippen LogP contribution is 2.22. The molecule has 2 aromatic heterocycles. The van der Waals surface area contributed by atoms with E-state index in [1.165, 1.54) is 0 Å². The Labute approximate surface area is 93.5 Å². The number of hydrogen-bond donors (Lipinski definition) is 1. The summed E-state index contributed by atoms with van der Waals surface area (Å²) in [4.78, 5) is 8.34. The Kier molecular flexibility index (Phi) is 2.51. The van der Waals surface area contributed by atoms with E-state index in [-0.39, 0.29) is 5.41 Å². The molecule has 2 N–H and O–H groups in total. The molecule has 0 unspecified atom stereocenters. The van der Waals surface area contributed by atoms with Gasteiger partial charge in [-0.15, -0.1) is 0 Å². The lowest BCUT2D eigenvalue weighted by Gasteiger charge is -2.15. The van der Waals surface area contributed by atoms with Crippen molar-refractivity contribution in [3.05, 3.63) is 18.4 Å². The maximum atomic E-state index is 5.65. The summed E-state index contributed by atoms with van der Waals surface area (Å²) >= 11 is 0. The normalized spacial score (nSPS) is 12.0. The van der Waals surface area contributed by atoms with Gasteiger partial charge in [-0.05, 0) is 13.8 Å². The first kappa shape index (κ1) is 10.8. The Morgan fingerprint density at radius 3 is 2.81 bits per heavy atom. The minimum Gasteiger partial charge on any atom is -0.338 e. The summed E-state index contributed by atoms with van der Waals surface area (Å²) in [6, 6.07) is 0. The van der Waals surface area contributed by atoms with Crippen LogP contribution in [-0.2, 0) is 12.5 Å². The molecule has 86 valence electrons. The Morgan fingerprint density at radius 2 is 2.25 bits per heavy atom. The topological polar surface area (TPSA) is 82.8 Å².